The standard InChI is InChI=1S/C19H14N2O3/c22-11-12-5-6-15-16(21-23)9-19(24-18(15)7-12)17-8-13-3-1-2-4-14(13)10-20-17/h1-10,22-23H,11H2/b21-16+. The van der Waals surface area contributed by atoms with Gasteiger partial charge in [-0.25, -0.2) is 0 Å². The Morgan fingerprint density at radius 3 is 2.62 bits per heavy atom. The molecular formula is C19H14N2O3. The highest BCUT2D eigenvalue weighted by molar-refractivity contribution is 5.85. The molecule has 5 heteroatoms. The first-order valence-electron chi connectivity index (χ1n) is 7.49. The van der Waals surface area contributed by atoms with Crippen LogP contribution in [-0.4, -0.2) is 15.3 Å². The number of hydrogen-bond acceptors (Lipinski definition) is 5. The number of fused-ring (bicyclic) bond motifs is 2. The van der Waals surface area contributed by atoms with Crippen LogP contribution in [0.25, 0.3) is 33.2 Å². The molecule has 0 atom stereocenters. The van der Waals surface area contributed by atoms with Crippen molar-refractivity contribution in [2.24, 2.45) is 5.16 Å². The van der Waals surface area contributed by atoms with Crippen molar-refractivity contribution in [2.45, 2.75) is 6.61 Å². The number of rotatable bonds is 2. The fourth-order valence-corrected chi connectivity index (χ4v) is 2.74. The molecule has 2 N–H and O–H groups in total. The minimum atomic E-state index is -0.0878. The third-order valence-electron chi connectivity index (χ3n) is 3.98. The SMILES string of the molecule is OCc1ccc2/c(=N/O)cc(-c3cc4ccccc4cn3)oc2c1. The molecule has 5 nitrogen and oxygen atoms in total. The Hall–Kier alpha value is -3.18. The molecule has 0 aliphatic rings. The fourth-order valence-electron chi connectivity index (χ4n) is 2.74. The molecule has 2 aromatic carbocycles. The smallest absolute Gasteiger partial charge is 0.155 e. The van der Waals surface area contributed by atoms with Gasteiger partial charge in [0, 0.05) is 23.0 Å². The van der Waals surface area contributed by atoms with E-state index >= 15 is 0 Å². The van der Waals surface area contributed by atoms with Crippen LogP contribution in [0.2, 0.25) is 0 Å². The molecule has 0 aliphatic carbocycles. The number of aromatic nitrogens is 1. The van der Waals surface area contributed by atoms with Crippen molar-refractivity contribution in [1.29, 1.82) is 0 Å². The summed E-state index contributed by atoms with van der Waals surface area (Å²) in [5.74, 6) is 0.496. The predicted molar refractivity (Wildman–Crippen MR) is 90.2 cm³/mol. The van der Waals surface area contributed by atoms with Gasteiger partial charge in [0.25, 0.3) is 0 Å². The monoisotopic (exact) mass is 318 g/mol. The summed E-state index contributed by atoms with van der Waals surface area (Å²) in [6, 6.07) is 16.8. The summed E-state index contributed by atoms with van der Waals surface area (Å²) in [5.41, 5.74) is 1.90. The molecule has 0 radical (unpaired) electrons. The van der Waals surface area contributed by atoms with Crippen molar-refractivity contribution in [2.75, 3.05) is 0 Å². The van der Waals surface area contributed by atoms with Crippen molar-refractivity contribution in [3.63, 3.8) is 0 Å². The molecule has 0 bridgehead atoms. The summed E-state index contributed by atoms with van der Waals surface area (Å²) >= 11 is 0. The lowest BCUT2D eigenvalue weighted by molar-refractivity contribution is 0.282. The van der Waals surface area contributed by atoms with Gasteiger partial charge in [0.2, 0.25) is 0 Å². The van der Waals surface area contributed by atoms with Crippen LogP contribution in [0.15, 0.2) is 70.4 Å². The molecule has 0 amide bonds. The second kappa shape index (κ2) is 5.79. The van der Waals surface area contributed by atoms with Gasteiger partial charge in [-0.1, -0.05) is 35.5 Å². The quantitative estimate of drug-likeness (QED) is 0.438. The Labute approximate surface area is 137 Å². The van der Waals surface area contributed by atoms with Crippen molar-refractivity contribution in [1.82, 2.24) is 4.98 Å². The van der Waals surface area contributed by atoms with E-state index in [1.807, 2.05) is 30.3 Å². The number of benzene rings is 2. The van der Waals surface area contributed by atoms with Gasteiger partial charge in [-0.3, -0.25) is 4.98 Å². The van der Waals surface area contributed by atoms with Crippen LogP contribution in [0.1, 0.15) is 5.56 Å². The van der Waals surface area contributed by atoms with Crippen molar-refractivity contribution in [3.8, 4) is 11.5 Å². The van der Waals surface area contributed by atoms with Crippen LogP contribution in [0.3, 0.4) is 0 Å². The Balaban J connectivity index is 1.97. The van der Waals surface area contributed by atoms with E-state index in [1.165, 1.54) is 0 Å². The first-order valence-corrected chi connectivity index (χ1v) is 7.49. The van der Waals surface area contributed by atoms with Crippen LogP contribution in [0.4, 0.5) is 0 Å². The lowest BCUT2D eigenvalue weighted by Crippen LogP contribution is -2.04. The number of aliphatic hydroxyl groups is 1. The molecule has 2 heterocycles. The van der Waals surface area contributed by atoms with Crippen LogP contribution >= 0.6 is 0 Å². The third-order valence-corrected chi connectivity index (χ3v) is 3.98. The van der Waals surface area contributed by atoms with E-state index in [2.05, 4.69) is 10.1 Å². The van der Waals surface area contributed by atoms with E-state index in [0.717, 1.165) is 16.3 Å². The molecule has 0 fully saturated rings. The topological polar surface area (TPSA) is 78.9 Å². The average molecular weight is 318 g/mol. The molecule has 0 spiro atoms. The summed E-state index contributed by atoms with van der Waals surface area (Å²) in [7, 11) is 0. The zero-order chi connectivity index (χ0) is 16.5. The summed E-state index contributed by atoms with van der Waals surface area (Å²) < 4.78 is 5.94. The van der Waals surface area contributed by atoms with Gasteiger partial charge in [0.1, 0.15) is 16.6 Å². The first-order chi connectivity index (χ1) is 11.8. The Morgan fingerprint density at radius 1 is 1.00 bits per heavy atom. The zero-order valence-corrected chi connectivity index (χ0v) is 12.7. The van der Waals surface area contributed by atoms with Gasteiger partial charge in [0.15, 0.2) is 5.76 Å². The normalized spacial score (nSPS) is 12.1. The van der Waals surface area contributed by atoms with E-state index in [4.69, 9.17) is 4.42 Å². The molecule has 0 saturated heterocycles. The van der Waals surface area contributed by atoms with E-state index < -0.39 is 0 Å². The van der Waals surface area contributed by atoms with Crippen molar-refractivity contribution < 1.29 is 14.7 Å². The summed E-state index contributed by atoms with van der Waals surface area (Å²) in [4.78, 5) is 4.44. The largest absolute Gasteiger partial charge is 0.454 e. The number of pyridine rings is 1. The van der Waals surface area contributed by atoms with E-state index in [9.17, 15) is 10.3 Å². The maximum atomic E-state index is 9.32. The third kappa shape index (κ3) is 2.41. The summed E-state index contributed by atoms with van der Waals surface area (Å²) in [5, 5.41) is 25.1. The summed E-state index contributed by atoms with van der Waals surface area (Å²) in [6.07, 6.45) is 1.78. The van der Waals surface area contributed by atoms with Crippen LogP contribution in [-0.2, 0) is 6.61 Å². The van der Waals surface area contributed by atoms with Crippen LogP contribution in [0.5, 0.6) is 0 Å². The second-order valence-electron chi connectivity index (χ2n) is 5.50. The highest BCUT2D eigenvalue weighted by Crippen LogP contribution is 2.24. The minimum absolute atomic E-state index is 0.0878. The van der Waals surface area contributed by atoms with Gasteiger partial charge in [-0.15, -0.1) is 0 Å². The molecule has 0 saturated carbocycles. The predicted octanol–water partition coefficient (Wildman–Crippen LogP) is 3.43. The molecule has 4 aromatic rings. The van der Waals surface area contributed by atoms with Crippen molar-refractivity contribution >= 4 is 21.7 Å². The second-order valence-corrected chi connectivity index (χ2v) is 5.50. The maximum absolute atomic E-state index is 9.32. The van der Waals surface area contributed by atoms with Crippen molar-refractivity contribution in [3.05, 3.63) is 71.7 Å². The molecular weight excluding hydrogens is 304 g/mol. The number of hydrogen-bond donors (Lipinski definition) is 2. The fraction of sp³-hybridized carbons (Fsp3) is 0.0526. The summed E-state index contributed by atoms with van der Waals surface area (Å²) in [6.45, 7) is -0.0878. The zero-order valence-electron chi connectivity index (χ0n) is 12.7. The number of aliphatic hydroxyl groups excluding tert-OH is 1. The highest BCUT2D eigenvalue weighted by Gasteiger charge is 2.09. The van der Waals surface area contributed by atoms with E-state index in [-0.39, 0.29) is 6.61 Å². The molecule has 0 unspecified atom stereocenters. The molecule has 118 valence electrons. The molecule has 24 heavy (non-hydrogen) atoms. The van der Waals surface area contributed by atoms with Gasteiger partial charge >= 0.3 is 0 Å². The van der Waals surface area contributed by atoms with Gasteiger partial charge in [0.05, 0.1) is 6.61 Å². The van der Waals surface area contributed by atoms with Crippen LogP contribution < -0.4 is 5.36 Å². The maximum Gasteiger partial charge on any atom is 0.155 e. The van der Waals surface area contributed by atoms with Gasteiger partial charge < -0.3 is 14.7 Å². The first kappa shape index (κ1) is 14.4. The minimum Gasteiger partial charge on any atom is -0.454 e. The highest BCUT2D eigenvalue weighted by atomic mass is 16.4. The van der Waals surface area contributed by atoms with Gasteiger partial charge in [-0.05, 0) is 29.1 Å². The lowest BCUT2D eigenvalue weighted by Gasteiger charge is -2.06. The Bertz CT molecular complexity index is 1120. The molecule has 4 rings (SSSR count). The van der Waals surface area contributed by atoms with Crippen LogP contribution in [0, 0.1) is 0 Å². The average Bonchev–Trinajstić information content (AvgIpc) is 2.66. The Morgan fingerprint density at radius 2 is 1.83 bits per heavy atom. The number of nitrogens with zero attached hydrogens (tertiary/aromatic N) is 2. The van der Waals surface area contributed by atoms with E-state index in [0.29, 0.717) is 27.8 Å². The van der Waals surface area contributed by atoms with Gasteiger partial charge in [-0.2, -0.15) is 0 Å². The molecule has 0 aliphatic heterocycles. The lowest BCUT2D eigenvalue weighted by atomic mass is 10.1. The van der Waals surface area contributed by atoms with E-state index in [1.54, 1.807) is 30.5 Å². The Kier molecular flexibility index (Phi) is 3.48. The molecule has 2 aromatic heterocycles.